The van der Waals surface area contributed by atoms with Crippen molar-refractivity contribution in [3.8, 4) is 22.6 Å². The van der Waals surface area contributed by atoms with Crippen LogP contribution in [0.3, 0.4) is 0 Å². The van der Waals surface area contributed by atoms with E-state index in [1.807, 2.05) is 18.3 Å². The fourth-order valence-electron chi connectivity index (χ4n) is 6.63. The lowest BCUT2D eigenvalue weighted by molar-refractivity contribution is 1.18. The summed E-state index contributed by atoms with van der Waals surface area (Å²) < 4.78 is 4.78. The zero-order valence-corrected chi connectivity index (χ0v) is 22.8. The molecule has 0 atom stereocenters. The average Bonchev–Trinajstić information content (AvgIpc) is 3.55. The molecule has 0 fully saturated rings. The maximum Gasteiger partial charge on any atom is 0.0701 e. The van der Waals surface area contributed by atoms with Crippen molar-refractivity contribution in [3.63, 3.8) is 0 Å². The molecule has 0 amide bonds. The van der Waals surface area contributed by atoms with E-state index in [0.29, 0.717) is 0 Å². The Morgan fingerprint density at radius 3 is 1.48 bits per heavy atom. The molecule has 0 aliphatic rings. The molecule has 9 rings (SSSR count). The van der Waals surface area contributed by atoms with Crippen LogP contribution in [0, 0.1) is 0 Å². The molecule has 0 saturated carbocycles. The number of rotatable bonds is 3. The fraction of sp³-hybridized carbons (Fsp3) is 0. The van der Waals surface area contributed by atoms with Crippen LogP contribution >= 0.6 is 0 Å². The Morgan fingerprint density at radius 1 is 0.381 bits per heavy atom. The summed E-state index contributed by atoms with van der Waals surface area (Å²) in [4.78, 5) is 4.53. The lowest BCUT2D eigenvalue weighted by Crippen LogP contribution is -1.94. The summed E-state index contributed by atoms with van der Waals surface area (Å²) >= 11 is 0. The minimum Gasteiger partial charge on any atom is -0.309 e. The molecule has 0 unspecified atom stereocenters. The van der Waals surface area contributed by atoms with Gasteiger partial charge < -0.3 is 9.13 Å². The molecule has 0 aliphatic carbocycles. The number of nitrogens with zero attached hydrogens (tertiary/aromatic N) is 3. The number of fused-ring (bicyclic) bond motifs is 7. The highest BCUT2D eigenvalue weighted by Crippen LogP contribution is 2.39. The van der Waals surface area contributed by atoms with Crippen molar-refractivity contribution >= 4 is 54.4 Å². The molecule has 0 N–H and O–H groups in total. The number of aromatic nitrogens is 3. The summed E-state index contributed by atoms with van der Waals surface area (Å²) in [5.41, 5.74) is 9.28. The van der Waals surface area contributed by atoms with Crippen LogP contribution < -0.4 is 0 Å². The minimum absolute atomic E-state index is 0.982. The Labute approximate surface area is 242 Å². The third kappa shape index (κ3) is 3.37. The van der Waals surface area contributed by atoms with Crippen molar-refractivity contribution in [2.24, 2.45) is 0 Å². The van der Waals surface area contributed by atoms with Gasteiger partial charge in [0.1, 0.15) is 0 Å². The van der Waals surface area contributed by atoms with Crippen molar-refractivity contribution in [1.82, 2.24) is 14.1 Å². The van der Waals surface area contributed by atoms with Gasteiger partial charge in [0, 0.05) is 44.7 Å². The van der Waals surface area contributed by atoms with Crippen LogP contribution in [0.4, 0.5) is 0 Å². The Bertz CT molecular complexity index is 2430. The van der Waals surface area contributed by atoms with Crippen LogP contribution in [0.2, 0.25) is 0 Å². The number of para-hydroxylation sites is 3. The lowest BCUT2D eigenvalue weighted by atomic mass is 10.0. The van der Waals surface area contributed by atoms with E-state index in [9.17, 15) is 0 Å². The smallest absolute Gasteiger partial charge is 0.0701 e. The third-order valence-corrected chi connectivity index (χ3v) is 8.52. The first-order chi connectivity index (χ1) is 20.8. The molecule has 0 bridgehead atoms. The molecule has 0 radical (unpaired) electrons. The highest BCUT2D eigenvalue weighted by atomic mass is 15.0. The van der Waals surface area contributed by atoms with Crippen LogP contribution in [-0.2, 0) is 0 Å². The topological polar surface area (TPSA) is 22.8 Å². The molecule has 42 heavy (non-hydrogen) atoms. The summed E-state index contributed by atoms with van der Waals surface area (Å²) in [6, 6.07) is 52.4. The van der Waals surface area contributed by atoms with E-state index in [-0.39, 0.29) is 0 Å². The van der Waals surface area contributed by atoms with Gasteiger partial charge in [0.25, 0.3) is 0 Å². The molecule has 0 spiro atoms. The van der Waals surface area contributed by atoms with Gasteiger partial charge in [-0.3, -0.25) is 4.98 Å². The predicted octanol–water partition coefficient (Wildman–Crippen LogP) is 10.1. The number of pyridine rings is 1. The van der Waals surface area contributed by atoms with Gasteiger partial charge in [0.2, 0.25) is 0 Å². The van der Waals surface area contributed by atoms with E-state index in [0.717, 1.165) is 16.9 Å². The van der Waals surface area contributed by atoms with E-state index in [1.165, 1.54) is 60.1 Å². The van der Waals surface area contributed by atoms with Crippen LogP contribution in [0.15, 0.2) is 152 Å². The molecular weight excluding hydrogens is 510 g/mol. The van der Waals surface area contributed by atoms with Gasteiger partial charge in [-0.1, -0.05) is 72.8 Å². The Hall–Kier alpha value is -5.67. The number of hydrogen-bond donors (Lipinski definition) is 0. The fourth-order valence-corrected chi connectivity index (χ4v) is 6.63. The van der Waals surface area contributed by atoms with E-state index in [2.05, 4.69) is 148 Å². The second-order valence-corrected chi connectivity index (χ2v) is 10.9. The summed E-state index contributed by atoms with van der Waals surface area (Å²) in [5, 5.41) is 7.52. The molecule has 0 aliphatic heterocycles. The average molecular weight is 536 g/mol. The maximum atomic E-state index is 4.53. The predicted molar refractivity (Wildman–Crippen MR) is 176 cm³/mol. The molecule has 3 nitrogen and oxygen atoms in total. The van der Waals surface area contributed by atoms with Crippen LogP contribution in [0.1, 0.15) is 0 Å². The van der Waals surface area contributed by atoms with Crippen LogP contribution in [0.25, 0.3) is 77.0 Å². The van der Waals surface area contributed by atoms with Gasteiger partial charge in [-0.25, -0.2) is 0 Å². The van der Waals surface area contributed by atoms with Gasteiger partial charge in [-0.05, 0) is 83.6 Å². The SMILES string of the molecule is c1ccc(-n2c3ccccc3c3cc4cc5c(cc4cc32)c2ccccc2n5-c2ccc(-c3ccccn3)cc2)cc1. The maximum absolute atomic E-state index is 4.53. The van der Waals surface area contributed by atoms with E-state index in [4.69, 9.17) is 0 Å². The van der Waals surface area contributed by atoms with Crippen molar-refractivity contribution in [2.75, 3.05) is 0 Å². The molecule has 3 aromatic heterocycles. The second-order valence-electron chi connectivity index (χ2n) is 10.9. The summed E-state index contributed by atoms with van der Waals surface area (Å²) in [6.45, 7) is 0. The highest BCUT2D eigenvalue weighted by molar-refractivity contribution is 6.18. The number of hydrogen-bond acceptors (Lipinski definition) is 1. The molecule has 196 valence electrons. The largest absolute Gasteiger partial charge is 0.309 e. The van der Waals surface area contributed by atoms with Crippen LogP contribution in [-0.4, -0.2) is 14.1 Å². The zero-order chi connectivity index (χ0) is 27.6. The summed E-state index contributed by atoms with van der Waals surface area (Å²) in [7, 11) is 0. The van der Waals surface area contributed by atoms with Crippen molar-refractivity contribution in [2.45, 2.75) is 0 Å². The summed E-state index contributed by atoms with van der Waals surface area (Å²) in [5.74, 6) is 0. The summed E-state index contributed by atoms with van der Waals surface area (Å²) in [6.07, 6.45) is 1.84. The first-order valence-corrected chi connectivity index (χ1v) is 14.3. The van der Waals surface area contributed by atoms with Crippen LogP contribution in [0.5, 0.6) is 0 Å². The zero-order valence-electron chi connectivity index (χ0n) is 22.8. The number of benzene rings is 6. The van der Waals surface area contributed by atoms with Gasteiger partial charge in [-0.15, -0.1) is 0 Å². The van der Waals surface area contributed by atoms with E-state index >= 15 is 0 Å². The van der Waals surface area contributed by atoms with E-state index in [1.54, 1.807) is 0 Å². The van der Waals surface area contributed by atoms with Crippen molar-refractivity contribution < 1.29 is 0 Å². The normalized spacial score (nSPS) is 11.8. The molecule has 0 saturated heterocycles. The Morgan fingerprint density at radius 2 is 0.905 bits per heavy atom. The highest BCUT2D eigenvalue weighted by Gasteiger charge is 2.17. The Balaban J connectivity index is 1.32. The van der Waals surface area contributed by atoms with Crippen molar-refractivity contribution in [1.29, 1.82) is 0 Å². The Kier molecular flexibility index (Phi) is 4.90. The first-order valence-electron chi connectivity index (χ1n) is 14.3. The lowest BCUT2D eigenvalue weighted by Gasteiger charge is -2.10. The van der Waals surface area contributed by atoms with Gasteiger partial charge in [-0.2, -0.15) is 0 Å². The standard InChI is InChI=1S/C39H25N3/c1-2-10-29(11-3-1)41-36-15-6-4-12-31(36)33-22-28-25-39-34(23-27(28)24-38(33)41)32-13-5-7-16-37(32)42(39)30-19-17-26(18-20-30)35-14-8-9-21-40-35/h1-25H. The molecule has 3 heterocycles. The molecule has 9 aromatic rings. The van der Waals surface area contributed by atoms with E-state index < -0.39 is 0 Å². The third-order valence-electron chi connectivity index (χ3n) is 8.52. The monoisotopic (exact) mass is 535 g/mol. The first kappa shape index (κ1) is 23.1. The van der Waals surface area contributed by atoms with Gasteiger partial charge in [0.05, 0.1) is 27.8 Å². The van der Waals surface area contributed by atoms with Gasteiger partial charge >= 0.3 is 0 Å². The molecule has 6 aromatic carbocycles. The van der Waals surface area contributed by atoms with Crippen molar-refractivity contribution in [3.05, 3.63) is 152 Å². The minimum atomic E-state index is 0.982. The van der Waals surface area contributed by atoms with Gasteiger partial charge in [0.15, 0.2) is 0 Å². The molecule has 3 heteroatoms. The quantitative estimate of drug-likeness (QED) is 0.221. The second kappa shape index (κ2) is 8.92. The molecular formula is C39H25N3.